The summed E-state index contributed by atoms with van der Waals surface area (Å²) >= 11 is 18.1. The molecular weight excluding hydrogens is 317 g/mol. The first-order valence-electron chi connectivity index (χ1n) is 6.09. The van der Waals surface area contributed by atoms with Crippen LogP contribution in [0.1, 0.15) is 24.1 Å². The predicted octanol–water partition coefficient (Wildman–Crippen LogP) is 5.25. The van der Waals surface area contributed by atoms with Crippen LogP contribution in [0, 0.1) is 0 Å². The van der Waals surface area contributed by atoms with Crippen LogP contribution in [0.15, 0.2) is 36.4 Å². The summed E-state index contributed by atoms with van der Waals surface area (Å²) in [5.41, 5.74) is 7.62. The maximum absolute atomic E-state index is 6.17. The van der Waals surface area contributed by atoms with Gasteiger partial charge in [0, 0.05) is 21.7 Å². The molecule has 106 valence electrons. The molecule has 5 heteroatoms. The summed E-state index contributed by atoms with van der Waals surface area (Å²) in [6.45, 7) is 2.23. The summed E-state index contributed by atoms with van der Waals surface area (Å²) in [6, 6.07) is 10.7. The quantitative estimate of drug-likeness (QED) is 0.831. The molecule has 0 aliphatic rings. The molecule has 1 atom stereocenters. The molecule has 0 aliphatic heterocycles. The van der Waals surface area contributed by atoms with Crippen LogP contribution < -0.4 is 10.5 Å². The van der Waals surface area contributed by atoms with Crippen LogP contribution in [0.25, 0.3) is 0 Å². The Hall–Kier alpha value is -0.930. The number of nitrogens with two attached hydrogens (primary N) is 1. The number of rotatable bonds is 4. The normalized spacial score (nSPS) is 12.2. The molecule has 2 nitrogen and oxygen atoms in total. The first-order valence-corrected chi connectivity index (χ1v) is 7.22. The fourth-order valence-electron chi connectivity index (χ4n) is 1.71. The zero-order chi connectivity index (χ0) is 14.7. The number of hydrogen-bond acceptors (Lipinski definition) is 2. The van der Waals surface area contributed by atoms with Gasteiger partial charge in [-0.05, 0) is 36.8 Å². The van der Waals surface area contributed by atoms with E-state index in [4.69, 9.17) is 45.3 Å². The zero-order valence-electron chi connectivity index (χ0n) is 10.9. The number of halogens is 3. The summed E-state index contributed by atoms with van der Waals surface area (Å²) in [4.78, 5) is 0. The van der Waals surface area contributed by atoms with E-state index in [9.17, 15) is 0 Å². The van der Waals surface area contributed by atoms with Crippen LogP contribution in [0.2, 0.25) is 15.1 Å². The first kappa shape index (κ1) is 15.5. The van der Waals surface area contributed by atoms with E-state index in [1.165, 1.54) is 0 Å². The molecule has 0 aromatic heterocycles. The number of ether oxygens (including phenoxy) is 1. The van der Waals surface area contributed by atoms with E-state index >= 15 is 0 Å². The molecule has 0 bridgehead atoms. The van der Waals surface area contributed by atoms with Gasteiger partial charge in [0.25, 0.3) is 0 Å². The summed E-state index contributed by atoms with van der Waals surface area (Å²) in [7, 11) is 0. The average Bonchev–Trinajstić information content (AvgIpc) is 2.38. The summed E-state index contributed by atoms with van der Waals surface area (Å²) in [5, 5.41) is 1.70. The lowest BCUT2D eigenvalue weighted by Gasteiger charge is -2.12. The van der Waals surface area contributed by atoms with Crippen LogP contribution >= 0.6 is 34.8 Å². The van der Waals surface area contributed by atoms with Gasteiger partial charge < -0.3 is 10.5 Å². The van der Waals surface area contributed by atoms with Crippen molar-refractivity contribution in [3.8, 4) is 5.75 Å². The molecule has 2 rings (SSSR count). The minimum Gasteiger partial charge on any atom is -0.487 e. The maximum Gasteiger partial charge on any atom is 0.138 e. The Labute approximate surface area is 133 Å². The average molecular weight is 331 g/mol. The van der Waals surface area contributed by atoms with Gasteiger partial charge in [0.05, 0.1) is 5.02 Å². The van der Waals surface area contributed by atoms with Crippen molar-refractivity contribution < 1.29 is 4.74 Å². The van der Waals surface area contributed by atoms with E-state index in [-0.39, 0.29) is 6.04 Å². The smallest absolute Gasteiger partial charge is 0.138 e. The largest absolute Gasteiger partial charge is 0.487 e. The molecule has 2 N–H and O–H groups in total. The monoisotopic (exact) mass is 329 g/mol. The molecule has 2 aromatic rings. The van der Waals surface area contributed by atoms with E-state index in [0.29, 0.717) is 27.4 Å². The molecule has 0 saturated carbocycles. The maximum atomic E-state index is 6.17. The van der Waals surface area contributed by atoms with Crippen LogP contribution in [0.4, 0.5) is 0 Å². The third-order valence-corrected chi connectivity index (χ3v) is 3.76. The molecule has 0 saturated heterocycles. The Balaban J connectivity index is 2.11. The van der Waals surface area contributed by atoms with Gasteiger partial charge in [0.2, 0.25) is 0 Å². The second kappa shape index (κ2) is 6.68. The lowest BCUT2D eigenvalue weighted by atomic mass is 10.1. The van der Waals surface area contributed by atoms with E-state index < -0.39 is 0 Å². The Morgan fingerprint density at radius 1 is 1.05 bits per heavy atom. The third-order valence-electron chi connectivity index (χ3n) is 2.88. The number of hydrogen-bond donors (Lipinski definition) is 1. The van der Waals surface area contributed by atoms with Gasteiger partial charge in [-0.15, -0.1) is 0 Å². The van der Waals surface area contributed by atoms with Crippen molar-refractivity contribution >= 4 is 34.8 Å². The third kappa shape index (κ3) is 3.80. The predicted molar refractivity (Wildman–Crippen MR) is 84.8 cm³/mol. The molecule has 0 heterocycles. The summed E-state index contributed by atoms with van der Waals surface area (Å²) in [5.74, 6) is 0.599. The van der Waals surface area contributed by atoms with Gasteiger partial charge in [-0.3, -0.25) is 0 Å². The second-order valence-electron chi connectivity index (χ2n) is 4.50. The fourth-order valence-corrected chi connectivity index (χ4v) is 2.42. The van der Waals surface area contributed by atoms with Crippen molar-refractivity contribution in [1.82, 2.24) is 0 Å². The van der Waals surface area contributed by atoms with E-state index in [0.717, 1.165) is 11.1 Å². The van der Waals surface area contributed by atoms with Gasteiger partial charge in [-0.1, -0.05) is 46.9 Å². The highest BCUT2D eigenvalue weighted by molar-refractivity contribution is 6.35. The molecule has 0 aliphatic carbocycles. The van der Waals surface area contributed by atoms with Crippen LogP contribution in [0.3, 0.4) is 0 Å². The van der Waals surface area contributed by atoms with Gasteiger partial charge in [0.1, 0.15) is 12.4 Å². The van der Waals surface area contributed by atoms with E-state index in [1.54, 1.807) is 12.1 Å². The molecule has 20 heavy (non-hydrogen) atoms. The van der Waals surface area contributed by atoms with Gasteiger partial charge in [0.15, 0.2) is 0 Å². The SMILES string of the molecule is C[C@@H](N)c1ccc(OCc2ccc(Cl)cc2Cl)c(Cl)c1. The van der Waals surface area contributed by atoms with Crippen LogP contribution in [-0.4, -0.2) is 0 Å². The van der Waals surface area contributed by atoms with Crippen molar-refractivity contribution in [2.45, 2.75) is 19.6 Å². The highest BCUT2D eigenvalue weighted by Gasteiger charge is 2.07. The van der Waals surface area contributed by atoms with Crippen molar-refractivity contribution in [2.24, 2.45) is 5.73 Å². The topological polar surface area (TPSA) is 35.2 Å². The number of benzene rings is 2. The second-order valence-corrected chi connectivity index (χ2v) is 5.75. The molecular formula is C15H14Cl3NO. The molecule has 0 fully saturated rings. The minimum absolute atomic E-state index is 0.0627. The zero-order valence-corrected chi connectivity index (χ0v) is 13.1. The van der Waals surface area contributed by atoms with Crippen LogP contribution in [0.5, 0.6) is 5.75 Å². The highest BCUT2D eigenvalue weighted by Crippen LogP contribution is 2.29. The Morgan fingerprint density at radius 3 is 2.40 bits per heavy atom. The van der Waals surface area contributed by atoms with Crippen molar-refractivity contribution in [3.05, 3.63) is 62.6 Å². The van der Waals surface area contributed by atoms with Crippen LogP contribution in [-0.2, 0) is 6.61 Å². The molecule has 0 unspecified atom stereocenters. The Morgan fingerprint density at radius 2 is 1.80 bits per heavy atom. The molecule has 0 amide bonds. The fraction of sp³-hybridized carbons (Fsp3) is 0.200. The first-order chi connectivity index (χ1) is 9.47. The van der Waals surface area contributed by atoms with Crippen molar-refractivity contribution in [2.75, 3.05) is 0 Å². The molecule has 0 spiro atoms. The van der Waals surface area contributed by atoms with Gasteiger partial charge in [-0.25, -0.2) is 0 Å². The Bertz CT molecular complexity index is 614. The summed E-state index contributed by atoms with van der Waals surface area (Å²) in [6.07, 6.45) is 0. The molecule has 2 aromatic carbocycles. The molecule has 0 radical (unpaired) electrons. The summed E-state index contributed by atoms with van der Waals surface area (Å²) < 4.78 is 5.68. The van der Waals surface area contributed by atoms with Crippen molar-refractivity contribution in [1.29, 1.82) is 0 Å². The lowest BCUT2D eigenvalue weighted by molar-refractivity contribution is 0.306. The van der Waals surface area contributed by atoms with Gasteiger partial charge in [-0.2, -0.15) is 0 Å². The Kier molecular flexibility index (Phi) is 5.17. The lowest BCUT2D eigenvalue weighted by Crippen LogP contribution is -2.05. The van der Waals surface area contributed by atoms with E-state index in [2.05, 4.69) is 0 Å². The minimum atomic E-state index is -0.0627. The standard InChI is InChI=1S/C15H14Cl3NO/c1-9(19)10-3-5-15(14(18)6-10)20-8-11-2-4-12(16)7-13(11)17/h2-7,9H,8,19H2,1H3/t9-/m1/s1. The highest BCUT2D eigenvalue weighted by atomic mass is 35.5. The van der Waals surface area contributed by atoms with Crippen molar-refractivity contribution in [3.63, 3.8) is 0 Å². The van der Waals surface area contributed by atoms with Gasteiger partial charge >= 0.3 is 0 Å². The van der Waals surface area contributed by atoms with E-state index in [1.807, 2.05) is 31.2 Å².